The van der Waals surface area contributed by atoms with Crippen LogP contribution >= 0.6 is 0 Å². The highest BCUT2D eigenvalue weighted by Gasteiger charge is 2.33. The molecule has 2 rings (SSSR count). The minimum atomic E-state index is 0.475. The van der Waals surface area contributed by atoms with Crippen molar-refractivity contribution in [2.24, 2.45) is 11.3 Å². The molecule has 1 aliphatic heterocycles. The lowest BCUT2D eigenvalue weighted by Crippen LogP contribution is -2.29. The zero-order chi connectivity index (χ0) is 11.6. The number of hydrogen-bond donors (Lipinski definition) is 1. The summed E-state index contributed by atoms with van der Waals surface area (Å²) in [5.41, 5.74) is 0.475. The predicted molar refractivity (Wildman–Crippen MR) is 69.6 cm³/mol. The van der Waals surface area contributed by atoms with Crippen LogP contribution in [0.4, 0.5) is 0 Å². The van der Waals surface area contributed by atoms with E-state index in [0.717, 1.165) is 12.0 Å². The van der Waals surface area contributed by atoms with E-state index >= 15 is 0 Å². The summed E-state index contributed by atoms with van der Waals surface area (Å²) in [6.45, 7) is 12.1. The van der Waals surface area contributed by atoms with E-state index in [9.17, 15) is 0 Å². The molecule has 2 nitrogen and oxygen atoms in total. The molecule has 0 aromatic heterocycles. The molecule has 2 aliphatic rings. The highest BCUT2D eigenvalue weighted by atomic mass is 15.2. The third-order valence-corrected chi connectivity index (χ3v) is 3.87. The maximum atomic E-state index is 3.64. The molecule has 0 radical (unpaired) electrons. The first-order valence-electron chi connectivity index (χ1n) is 6.99. The van der Waals surface area contributed by atoms with Crippen LogP contribution in [0.15, 0.2) is 0 Å². The second-order valence-electron chi connectivity index (χ2n) is 6.90. The zero-order valence-corrected chi connectivity index (χ0v) is 11.3. The molecule has 2 heteroatoms. The molecule has 1 saturated carbocycles. The highest BCUT2D eigenvalue weighted by molar-refractivity contribution is 4.89. The number of nitrogens with one attached hydrogen (secondary N) is 1. The summed E-state index contributed by atoms with van der Waals surface area (Å²) in [5, 5.41) is 3.64. The lowest BCUT2D eigenvalue weighted by atomic mass is 9.92. The fourth-order valence-corrected chi connectivity index (χ4v) is 2.57. The molecule has 1 unspecified atom stereocenters. The van der Waals surface area contributed by atoms with Crippen LogP contribution in [-0.4, -0.2) is 37.1 Å². The smallest absolute Gasteiger partial charge is 0.00965 e. The van der Waals surface area contributed by atoms with E-state index in [1.54, 1.807) is 0 Å². The van der Waals surface area contributed by atoms with E-state index in [0.29, 0.717) is 5.41 Å². The second-order valence-corrected chi connectivity index (χ2v) is 6.90. The Balaban J connectivity index is 1.54. The number of hydrogen-bond acceptors (Lipinski definition) is 2. The molecule has 1 aliphatic carbocycles. The van der Waals surface area contributed by atoms with Crippen LogP contribution in [0, 0.1) is 11.3 Å². The van der Waals surface area contributed by atoms with Crippen molar-refractivity contribution in [2.45, 2.75) is 52.5 Å². The van der Waals surface area contributed by atoms with E-state index in [-0.39, 0.29) is 0 Å². The van der Waals surface area contributed by atoms with Crippen molar-refractivity contribution in [3.05, 3.63) is 0 Å². The van der Waals surface area contributed by atoms with Gasteiger partial charge in [-0.3, -0.25) is 0 Å². The maximum absolute atomic E-state index is 3.64. The second kappa shape index (κ2) is 5.05. The third-order valence-electron chi connectivity index (χ3n) is 3.87. The van der Waals surface area contributed by atoms with Crippen LogP contribution < -0.4 is 5.32 Å². The average Bonchev–Trinajstić information content (AvgIpc) is 2.93. The molecule has 0 aromatic carbocycles. The van der Waals surface area contributed by atoms with Crippen LogP contribution in [0.3, 0.4) is 0 Å². The number of rotatable bonds is 5. The molecule has 1 atom stereocenters. The van der Waals surface area contributed by atoms with Gasteiger partial charge in [0, 0.05) is 12.6 Å². The first-order chi connectivity index (χ1) is 7.54. The fraction of sp³-hybridized carbons (Fsp3) is 1.00. The zero-order valence-electron chi connectivity index (χ0n) is 11.3. The van der Waals surface area contributed by atoms with Crippen LogP contribution in [0.2, 0.25) is 0 Å². The minimum absolute atomic E-state index is 0.475. The summed E-state index contributed by atoms with van der Waals surface area (Å²) < 4.78 is 0. The lowest BCUT2D eigenvalue weighted by molar-refractivity contribution is 0.308. The van der Waals surface area contributed by atoms with Gasteiger partial charge >= 0.3 is 0 Å². The standard InChI is InChI=1S/C14H28N2/c1-14(2,3)7-8-15-10-12-6-9-16(11-12)13-4-5-13/h12-13,15H,4-11H2,1-3H3. The molecule has 0 bridgehead atoms. The van der Waals surface area contributed by atoms with Crippen molar-refractivity contribution in [2.75, 3.05) is 26.2 Å². The normalized spacial score (nSPS) is 27.6. The molecule has 1 heterocycles. The Hall–Kier alpha value is -0.0800. The maximum Gasteiger partial charge on any atom is 0.00965 e. The van der Waals surface area contributed by atoms with Crippen molar-refractivity contribution < 1.29 is 0 Å². The van der Waals surface area contributed by atoms with Gasteiger partial charge in [0.05, 0.1) is 0 Å². The molecule has 2 fully saturated rings. The van der Waals surface area contributed by atoms with Gasteiger partial charge in [0.25, 0.3) is 0 Å². The highest BCUT2D eigenvalue weighted by Crippen LogP contribution is 2.31. The Morgan fingerprint density at radius 2 is 1.94 bits per heavy atom. The van der Waals surface area contributed by atoms with Gasteiger partial charge in [-0.15, -0.1) is 0 Å². The van der Waals surface area contributed by atoms with Crippen molar-refractivity contribution in [1.29, 1.82) is 0 Å². The van der Waals surface area contributed by atoms with Crippen molar-refractivity contribution in [3.8, 4) is 0 Å². The van der Waals surface area contributed by atoms with E-state index < -0.39 is 0 Å². The summed E-state index contributed by atoms with van der Waals surface area (Å²) in [7, 11) is 0. The fourth-order valence-electron chi connectivity index (χ4n) is 2.57. The molecule has 0 amide bonds. The number of nitrogens with zero attached hydrogens (tertiary/aromatic N) is 1. The van der Waals surface area contributed by atoms with Gasteiger partial charge in [-0.1, -0.05) is 20.8 Å². The first kappa shape index (κ1) is 12.4. The van der Waals surface area contributed by atoms with Gasteiger partial charge in [0.15, 0.2) is 0 Å². The minimum Gasteiger partial charge on any atom is -0.316 e. The molecular formula is C14H28N2. The lowest BCUT2D eigenvalue weighted by Gasteiger charge is -2.19. The van der Waals surface area contributed by atoms with E-state index in [2.05, 4.69) is 31.0 Å². The van der Waals surface area contributed by atoms with Gasteiger partial charge in [-0.05, 0) is 56.7 Å². The van der Waals surface area contributed by atoms with Crippen LogP contribution in [0.5, 0.6) is 0 Å². The molecule has 0 aromatic rings. The molecule has 1 N–H and O–H groups in total. The molecule has 0 spiro atoms. The summed E-state index contributed by atoms with van der Waals surface area (Å²) in [6.07, 6.45) is 5.62. The summed E-state index contributed by atoms with van der Waals surface area (Å²) in [4.78, 5) is 2.70. The summed E-state index contributed by atoms with van der Waals surface area (Å²) >= 11 is 0. The Morgan fingerprint density at radius 1 is 1.19 bits per heavy atom. The Labute approximate surface area is 101 Å². The van der Waals surface area contributed by atoms with Gasteiger partial charge < -0.3 is 10.2 Å². The summed E-state index contributed by atoms with van der Waals surface area (Å²) in [5.74, 6) is 0.917. The Bertz CT molecular complexity index is 215. The van der Waals surface area contributed by atoms with E-state index in [1.807, 2.05) is 0 Å². The Kier molecular flexibility index (Phi) is 3.91. The quantitative estimate of drug-likeness (QED) is 0.722. The molecular weight excluding hydrogens is 196 g/mol. The predicted octanol–water partition coefficient (Wildman–Crippen LogP) is 2.50. The molecule has 16 heavy (non-hydrogen) atoms. The summed E-state index contributed by atoms with van der Waals surface area (Å²) in [6, 6.07) is 0.972. The van der Waals surface area contributed by atoms with Gasteiger partial charge in [0.1, 0.15) is 0 Å². The molecule has 1 saturated heterocycles. The van der Waals surface area contributed by atoms with E-state index in [1.165, 1.54) is 51.9 Å². The van der Waals surface area contributed by atoms with Gasteiger partial charge in [-0.25, -0.2) is 0 Å². The SMILES string of the molecule is CC(C)(C)CCNCC1CCN(C2CC2)C1. The van der Waals surface area contributed by atoms with Crippen LogP contribution in [-0.2, 0) is 0 Å². The number of likely N-dealkylation sites (tertiary alicyclic amines) is 1. The monoisotopic (exact) mass is 224 g/mol. The van der Waals surface area contributed by atoms with Crippen LogP contribution in [0.25, 0.3) is 0 Å². The molecule has 94 valence electrons. The van der Waals surface area contributed by atoms with Crippen LogP contribution in [0.1, 0.15) is 46.5 Å². The van der Waals surface area contributed by atoms with Crippen molar-refractivity contribution in [3.63, 3.8) is 0 Å². The van der Waals surface area contributed by atoms with E-state index in [4.69, 9.17) is 0 Å². The largest absolute Gasteiger partial charge is 0.316 e. The topological polar surface area (TPSA) is 15.3 Å². The van der Waals surface area contributed by atoms with Crippen molar-refractivity contribution >= 4 is 0 Å². The Morgan fingerprint density at radius 3 is 2.56 bits per heavy atom. The first-order valence-corrected chi connectivity index (χ1v) is 6.99. The average molecular weight is 224 g/mol. The van der Waals surface area contributed by atoms with Crippen molar-refractivity contribution in [1.82, 2.24) is 10.2 Å². The van der Waals surface area contributed by atoms with Gasteiger partial charge in [0.2, 0.25) is 0 Å². The van der Waals surface area contributed by atoms with Gasteiger partial charge in [-0.2, -0.15) is 0 Å². The third kappa shape index (κ3) is 4.06.